The number of fused-ring (bicyclic) bond motifs is 2. The molecule has 0 aliphatic carbocycles. The van der Waals surface area contributed by atoms with Gasteiger partial charge in [-0.25, -0.2) is 4.79 Å². The molecule has 3 aromatic carbocycles. The van der Waals surface area contributed by atoms with Gasteiger partial charge in [-0.15, -0.1) is 10.2 Å². The summed E-state index contributed by atoms with van der Waals surface area (Å²) in [5.74, 6) is -0.386. The molecule has 1 aliphatic rings. The molecule has 1 aliphatic heterocycles. The van der Waals surface area contributed by atoms with Crippen molar-refractivity contribution in [1.29, 1.82) is 0 Å². The number of rotatable bonds is 11. The van der Waals surface area contributed by atoms with Crippen molar-refractivity contribution in [2.45, 2.75) is 44.1 Å². The van der Waals surface area contributed by atoms with Crippen molar-refractivity contribution in [2.24, 2.45) is 0 Å². The van der Waals surface area contributed by atoms with E-state index in [1.165, 1.54) is 10.9 Å². The first-order valence-electron chi connectivity index (χ1n) is 16.8. The zero-order chi connectivity index (χ0) is 36.7. The third kappa shape index (κ3) is 8.61. The van der Waals surface area contributed by atoms with Crippen LogP contribution in [0.5, 0.6) is 5.75 Å². The highest BCUT2D eigenvalue weighted by molar-refractivity contribution is 5.85. The lowest BCUT2D eigenvalue weighted by Gasteiger charge is -2.27. The number of aromatic amines is 2. The zero-order valence-electron chi connectivity index (χ0n) is 28.3. The molecule has 0 bridgehead atoms. The first kappa shape index (κ1) is 36.1. The van der Waals surface area contributed by atoms with Crippen molar-refractivity contribution in [3.63, 3.8) is 0 Å². The molecule has 0 saturated carbocycles. The summed E-state index contributed by atoms with van der Waals surface area (Å²) in [5.41, 5.74) is 5.64. The molecule has 0 spiro atoms. The molecule has 1 unspecified atom stereocenters. The number of methoxy groups -OCH3 is 1. The molecule has 52 heavy (non-hydrogen) atoms. The number of amides is 1. The maximum atomic E-state index is 13.6. The molecule has 0 radical (unpaired) electrons. The van der Waals surface area contributed by atoms with Crippen molar-refractivity contribution in [3.8, 4) is 5.75 Å². The Bertz CT molecular complexity index is 2120. The number of carboxylic acid groups (broad SMARTS) is 1. The maximum absolute atomic E-state index is 13.6. The normalized spacial score (nSPS) is 15.2. The summed E-state index contributed by atoms with van der Waals surface area (Å²) < 4.78 is 39.3. The number of hydrogen-bond acceptors (Lipinski definition) is 7. The van der Waals surface area contributed by atoms with Crippen LogP contribution in [0.3, 0.4) is 0 Å². The van der Waals surface area contributed by atoms with Crippen LogP contribution in [0.2, 0.25) is 0 Å². The van der Waals surface area contributed by atoms with E-state index >= 15 is 0 Å². The number of aryl methyl sites for hydroxylation is 2. The summed E-state index contributed by atoms with van der Waals surface area (Å²) in [5, 5.41) is 29.0. The molecule has 6 N–H and O–H groups in total. The number of para-hydroxylation sites is 2. The minimum Gasteiger partial charge on any atom is -0.497 e. The number of ether oxygens (including phenoxy) is 1. The van der Waals surface area contributed by atoms with Gasteiger partial charge in [0.1, 0.15) is 11.6 Å². The molecule has 272 valence electrons. The van der Waals surface area contributed by atoms with Crippen molar-refractivity contribution >= 4 is 33.7 Å². The minimum absolute atomic E-state index is 0.0496. The number of carbonyl (C=O) groups is 2. The predicted octanol–water partition coefficient (Wildman–Crippen LogP) is 4.68. The second kappa shape index (κ2) is 16.1. The van der Waals surface area contributed by atoms with Crippen LogP contribution < -0.4 is 20.7 Å². The Morgan fingerprint density at radius 2 is 1.56 bits per heavy atom. The minimum atomic E-state index is -5.08. The van der Waals surface area contributed by atoms with Crippen molar-refractivity contribution in [2.75, 3.05) is 26.7 Å². The molecule has 4 heterocycles. The fourth-order valence-corrected chi connectivity index (χ4v) is 6.30. The molecular weight excluding hydrogens is 677 g/mol. The number of carbonyl (C=O) groups excluding carboxylic acids is 1. The molecule has 15 heteroatoms. The molecule has 1 fully saturated rings. The second-order valence-electron chi connectivity index (χ2n) is 12.4. The molecule has 12 nitrogen and oxygen atoms in total. The lowest BCUT2D eigenvalue weighted by molar-refractivity contribution is -0.192. The third-order valence-electron chi connectivity index (χ3n) is 8.98. The highest BCUT2D eigenvalue weighted by Crippen LogP contribution is 2.27. The summed E-state index contributed by atoms with van der Waals surface area (Å²) in [7, 11) is 1.67. The number of hydrogen-bond donors (Lipinski definition) is 6. The van der Waals surface area contributed by atoms with Crippen molar-refractivity contribution < 1.29 is 32.6 Å². The van der Waals surface area contributed by atoms with E-state index in [9.17, 15) is 18.0 Å². The van der Waals surface area contributed by atoms with Crippen LogP contribution in [-0.2, 0) is 35.4 Å². The Labute approximate surface area is 296 Å². The van der Waals surface area contributed by atoms with E-state index in [1.807, 2.05) is 36.5 Å². The maximum Gasteiger partial charge on any atom is 0.490 e. The van der Waals surface area contributed by atoms with Gasteiger partial charge in [0, 0.05) is 66.7 Å². The molecule has 7 rings (SSSR count). The standard InChI is InChI=1S/C35H38N8O2.C2HF3O2/c1-45-26-13-10-23(11-14-26)22-43-33(15-12-24-19-38-29-8-4-2-6-27(24)29)41-42-34(43)31(40-35(44)32-21-36-16-17-37-32)18-25-20-39-30-9-5-3-7-28(25)30;3-2(4,5)1(6)7/h2-11,13-14,19-20,31-32,36-39H,12,15-18,21-22H2,1H3,(H,40,44);(H,6,7)/t31-,32?;/m1./s1. The smallest absolute Gasteiger partial charge is 0.490 e. The van der Waals surface area contributed by atoms with Gasteiger partial charge in [-0.3, -0.25) is 4.79 Å². The van der Waals surface area contributed by atoms with E-state index in [0.29, 0.717) is 25.9 Å². The van der Waals surface area contributed by atoms with Crippen LogP contribution in [0, 0.1) is 0 Å². The van der Waals surface area contributed by atoms with E-state index < -0.39 is 18.2 Å². The van der Waals surface area contributed by atoms with Gasteiger partial charge < -0.3 is 40.3 Å². The number of H-pyrrole nitrogens is 2. The second-order valence-corrected chi connectivity index (χ2v) is 12.4. The van der Waals surface area contributed by atoms with Gasteiger partial charge in [-0.05, 0) is 47.4 Å². The van der Waals surface area contributed by atoms with Crippen LogP contribution >= 0.6 is 0 Å². The Kier molecular flexibility index (Phi) is 11.2. The summed E-state index contributed by atoms with van der Waals surface area (Å²) in [4.78, 5) is 29.3. The number of alkyl halides is 3. The van der Waals surface area contributed by atoms with Gasteiger partial charge in [0.25, 0.3) is 0 Å². The van der Waals surface area contributed by atoms with E-state index in [4.69, 9.17) is 24.8 Å². The number of nitrogens with one attached hydrogen (secondary N) is 5. The lowest BCUT2D eigenvalue weighted by atomic mass is 10.0. The van der Waals surface area contributed by atoms with Gasteiger partial charge in [0.2, 0.25) is 5.91 Å². The predicted molar refractivity (Wildman–Crippen MR) is 189 cm³/mol. The SMILES string of the molecule is COc1ccc(Cn2c(CCc3c[nH]c4ccccc34)nnc2[C@@H](Cc2c[nH]c3ccccc23)NC(=O)C2CNCCN2)cc1.O=C(O)C(F)(F)F. The first-order valence-corrected chi connectivity index (χ1v) is 16.8. The average Bonchev–Trinajstić information content (AvgIpc) is 3.88. The fourth-order valence-electron chi connectivity index (χ4n) is 6.30. The van der Waals surface area contributed by atoms with Crippen molar-refractivity contribution in [3.05, 3.63) is 114 Å². The van der Waals surface area contributed by atoms with Crippen LogP contribution in [0.4, 0.5) is 13.2 Å². The highest BCUT2D eigenvalue weighted by atomic mass is 19.4. The van der Waals surface area contributed by atoms with E-state index in [-0.39, 0.29) is 11.9 Å². The topological polar surface area (TPSA) is 162 Å². The zero-order valence-corrected chi connectivity index (χ0v) is 28.3. The molecule has 6 aromatic rings. The number of aromatic nitrogens is 5. The fraction of sp³-hybridized carbons (Fsp3) is 0.297. The van der Waals surface area contributed by atoms with Gasteiger partial charge >= 0.3 is 12.1 Å². The van der Waals surface area contributed by atoms with Gasteiger partial charge in [-0.2, -0.15) is 13.2 Å². The van der Waals surface area contributed by atoms with Gasteiger partial charge in [0.05, 0.1) is 25.7 Å². The third-order valence-corrected chi connectivity index (χ3v) is 8.98. The molecular formula is C37H39F3N8O4. The number of halogens is 3. The highest BCUT2D eigenvalue weighted by Gasteiger charge is 2.38. The monoisotopic (exact) mass is 716 g/mol. The Morgan fingerprint density at radius 3 is 2.17 bits per heavy atom. The van der Waals surface area contributed by atoms with Crippen LogP contribution in [-0.4, -0.2) is 80.7 Å². The Balaban J connectivity index is 0.000000604. The largest absolute Gasteiger partial charge is 0.497 e. The number of benzene rings is 3. The number of aliphatic carboxylic acids is 1. The summed E-state index contributed by atoms with van der Waals surface area (Å²) >= 11 is 0. The van der Waals surface area contributed by atoms with Gasteiger partial charge in [0.15, 0.2) is 5.82 Å². The number of carboxylic acids is 1. The summed E-state index contributed by atoms with van der Waals surface area (Å²) in [6, 6.07) is 24.0. The van der Waals surface area contributed by atoms with E-state index in [2.05, 4.69) is 79.1 Å². The van der Waals surface area contributed by atoms with Crippen LogP contribution in [0.25, 0.3) is 21.8 Å². The molecule has 1 amide bonds. The van der Waals surface area contributed by atoms with Gasteiger partial charge in [-0.1, -0.05) is 48.5 Å². The number of nitrogens with zero attached hydrogens (tertiary/aromatic N) is 3. The number of piperazine rings is 1. The van der Waals surface area contributed by atoms with Crippen LogP contribution in [0.1, 0.15) is 34.4 Å². The molecule has 2 atom stereocenters. The Hall–Kier alpha value is -5.67. The first-order chi connectivity index (χ1) is 25.1. The van der Waals surface area contributed by atoms with Crippen molar-refractivity contribution in [1.82, 2.24) is 40.7 Å². The quantitative estimate of drug-likeness (QED) is 0.113. The molecule has 3 aromatic heterocycles. The van der Waals surface area contributed by atoms with E-state index in [0.717, 1.165) is 64.5 Å². The average molecular weight is 717 g/mol. The molecule has 1 saturated heterocycles. The summed E-state index contributed by atoms with van der Waals surface area (Å²) in [6.07, 6.45) is 1.11. The summed E-state index contributed by atoms with van der Waals surface area (Å²) in [6.45, 7) is 2.74. The van der Waals surface area contributed by atoms with E-state index in [1.54, 1.807) is 7.11 Å². The van der Waals surface area contributed by atoms with Crippen LogP contribution in [0.15, 0.2) is 85.2 Å². The lowest BCUT2D eigenvalue weighted by Crippen LogP contribution is -2.56. The Morgan fingerprint density at radius 1 is 0.923 bits per heavy atom.